The Labute approximate surface area is 183 Å². The van der Waals surface area contributed by atoms with Crippen molar-refractivity contribution in [3.8, 4) is 17.1 Å². The van der Waals surface area contributed by atoms with E-state index in [2.05, 4.69) is 31.0 Å². The van der Waals surface area contributed by atoms with Crippen LogP contribution in [0.15, 0.2) is 57.8 Å². The molecule has 3 N–H and O–H groups in total. The maximum atomic E-state index is 12.2. The largest absolute Gasteiger partial charge is 0.497 e. The molecule has 4 rings (SSSR count). The number of fused-ring (bicyclic) bond motifs is 1. The molecule has 32 heavy (non-hydrogen) atoms. The SMILES string of the molecule is COc1ccc(-c2noc(CC(=O)NCCCNc3n[nH]c(=O)c4ccccc34)n2)cc1. The number of hydrogen-bond acceptors (Lipinski definition) is 8. The third kappa shape index (κ3) is 4.91. The normalized spacial score (nSPS) is 10.8. The molecule has 0 aliphatic rings. The summed E-state index contributed by atoms with van der Waals surface area (Å²) in [6.07, 6.45) is 0.671. The first-order chi connectivity index (χ1) is 15.6. The van der Waals surface area contributed by atoms with Crippen molar-refractivity contribution in [3.05, 3.63) is 64.8 Å². The lowest BCUT2D eigenvalue weighted by Gasteiger charge is -2.08. The minimum Gasteiger partial charge on any atom is -0.497 e. The van der Waals surface area contributed by atoms with Crippen LogP contribution in [0.2, 0.25) is 0 Å². The van der Waals surface area contributed by atoms with E-state index in [1.807, 2.05) is 24.3 Å². The van der Waals surface area contributed by atoms with E-state index in [9.17, 15) is 9.59 Å². The van der Waals surface area contributed by atoms with E-state index in [1.54, 1.807) is 31.4 Å². The van der Waals surface area contributed by atoms with E-state index in [4.69, 9.17) is 9.26 Å². The molecule has 1 amide bonds. The summed E-state index contributed by atoms with van der Waals surface area (Å²) in [6.45, 7) is 1.04. The summed E-state index contributed by atoms with van der Waals surface area (Å²) in [5.74, 6) is 1.79. The lowest BCUT2D eigenvalue weighted by molar-refractivity contribution is -0.120. The van der Waals surface area contributed by atoms with Crippen molar-refractivity contribution < 1.29 is 14.1 Å². The van der Waals surface area contributed by atoms with Crippen molar-refractivity contribution in [2.75, 3.05) is 25.5 Å². The number of nitrogens with zero attached hydrogens (tertiary/aromatic N) is 3. The molecule has 10 heteroatoms. The highest BCUT2D eigenvalue weighted by molar-refractivity contribution is 5.90. The quantitative estimate of drug-likeness (QED) is 0.341. The van der Waals surface area contributed by atoms with Crippen molar-refractivity contribution in [1.82, 2.24) is 25.7 Å². The summed E-state index contributed by atoms with van der Waals surface area (Å²) < 4.78 is 10.3. The number of nitrogens with one attached hydrogen (secondary N) is 3. The first-order valence-electron chi connectivity index (χ1n) is 10.1. The number of H-pyrrole nitrogens is 1. The molecule has 0 unspecified atom stereocenters. The maximum Gasteiger partial charge on any atom is 0.272 e. The Bertz CT molecular complexity index is 1270. The number of rotatable bonds is 9. The molecule has 164 valence electrons. The zero-order chi connectivity index (χ0) is 22.3. The standard InChI is InChI=1S/C22H22N6O4/c1-31-15-9-7-14(8-10-15)20-25-19(32-28-20)13-18(29)23-11-4-12-24-21-16-5-2-3-6-17(16)22(30)27-26-21/h2-3,5-10H,4,11-13H2,1H3,(H,23,29)(H,24,26)(H,27,30). The van der Waals surface area contributed by atoms with Crippen LogP contribution in [0.25, 0.3) is 22.2 Å². The Morgan fingerprint density at radius 2 is 1.88 bits per heavy atom. The zero-order valence-corrected chi connectivity index (χ0v) is 17.4. The minimum absolute atomic E-state index is 0.00268. The monoisotopic (exact) mass is 434 g/mol. The molecule has 10 nitrogen and oxygen atoms in total. The number of aromatic nitrogens is 4. The first-order valence-corrected chi connectivity index (χ1v) is 10.1. The second kappa shape index (κ2) is 9.73. The predicted octanol–water partition coefficient (Wildman–Crippen LogP) is 2.14. The van der Waals surface area contributed by atoms with Gasteiger partial charge in [0.25, 0.3) is 5.56 Å². The van der Waals surface area contributed by atoms with E-state index in [-0.39, 0.29) is 23.8 Å². The molecule has 4 aromatic rings. The molecule has 0 aliphatic heterocycles. The summed E-state index contributed by atoms with van der Waals surface area (Å²) in [4.78, 5) is 28.3. The third-order valence-corrected chi connectivity index (χ3v) is 4.79. The highest BCUT2D eigenvalue weighted by Gasteiger charge is 2.12. The van der Waals surface area contributed by atoms with Gasteiger partial charge in [0.1, 0.15) is 12.2 Å². The Hall–Kier alpha value is -4.21. The van der Waals surface area contributed by atoms with Gasteiger partial charge in [0.2, 0.25) is 17.6 Å². The van der Waals surface area contributed by atoms with Crippen LogP contribution >= 0.6 is 0 Å². The number of aromatic amines is 1. The topological polar surface area (TPSA) is 135 Å². The van der Waals surface area contributed by atoms with Crippen molar-refractivity contribution in [3.63, 3.8) is 0 Å². The molecule has 2 heterocycles. The van der Waals surface area contributed by atoms with Gasteiger partial charge in [0.15, 0.2) is 5.82 Å². The molecule has 0 aliphatic carbocycles. The van der Waals surface area contributed by atoms with Crippen LogP contribution in [0.4, 0.5) is 5.82 Å². The van der Waals surface area contributed by atoms with Crippen molar-refractivity contribution in [1.29, 1.82) is 0 Å². The van der Waals surface area contributed by atoms with Gasteiger partial charge in [-0.1, -0.05) is 23.4 Å². The molecule has 0 atom stereocenters. The summed E-state index contributed by atoms with van der Waals surface area (Å²) in [5.41, 5.74) is 0.547. The molecule has 0 radical (unpaired) electrons. The van der Waals surface area contributed by atoms with Crippen LogP contribution < -0.4 is 20.9 Å². The predicted molar refractivity (Wildman–Crippen MR) is 118 cm³/mol. The molecule has 0 saturated heterocycles. The number of anilines is 1. The second-order valence-corrected chi connectivity index (χ2v) is 6.99. The number of hydrogen-bond donors (Lipinski definition) is 3. The Morgan fingerprint density at radius 1 is 1.09 bits per heavy atom. The maximum absolute atomic E-state index is 12.2. The van der Waals surface area contributed by atoms with E-state index in [1.165, 1.54) is 0 Å². The number of amides is 1. The molecule has 0 saturated carbocycles. The molecule has 0 fully saturated rings. The van der Waals surface area contributed by atoms with Crippen molar-refractivity contribution in [2.45, 2.75) is 12.8 Å². The summed E-state index contributed by atoms with van der Waals surface area (Å²) >= 11 is 0. The fourth-order valence-electron chi connectivity index (χ4n) is 3.16. The van der Waals surface area contributed by atoms with Crippen LogP contribution in [0.1, 0.15) is 12.3 Å². The molecule has 2 aromatic heterocycles. The van der Waals surface area contributed by atoms with Gasteiger partial charge in [-0.25, -0.2) is 5.10 Å². The van der Waals surface area contributed by atoms with Crippen molar-refractivity contribution in [2.24, 2.45) is 0 Å². The number of methoxy groups -OCH3 is 1. The Morgan fingerprint density at radius 3 is 2.66 bits per heavy atom. The van der Waals surface area contributed by atoms with Crippen LogP contribution in [0.5, 0.6) is 5.75 Å². The Balaban J connectivity index is 1.23. The van der Waals surface area contributed by atoms with Gasteiger partial charge in [0.05, 0.1) is 12.5 Å². The molecule has 2 aromatic carbocycles. The molecular weight excluding hydrogens is 412 g/mol. The fourth-order valence-corrected chi connectivity index (χ4v) is 3.16. The second-order valence-electron chi connectivity index (χ2n) is 6.99. The molecule has 0 bridgehead atoms. The van der Waals surface area contributed by atoms with E-state index in [0.29, 0.717) is 36.5 Å². The fraction of sp³-hybridized carbons (Fsp3) is 0.227. The van der Waals surface area contributed by atoms with Gasteiger partial charge >= 0.3 is 0 Å². The van der Waals surface area contributed by atoms with Gasteiger partial charge < -0.3 is 19.9 Å². The van der Waals surface area contributed by atoms with Crippen LogP contribution in [-0.2, 0) is 11.2 Å². The van der Waals surface area contributed by atoms with Gasteiger partial charge in [-0.3, -0.25) is 9.59 Å². The lowest BCUT2D eigenvalue weighted by Crippen LogP contribution is -2.27. The average molecular weight is 434 g/mol. The van der Waals surface area contributed by atoms with Crippen LogP contribution in [0.3, 0.4) is 0 Å². The summed E-state index contributed by atoms with van der Waals surface area (Å²) in [6, 6.07) is 14.5. The number of carbonyl (C=O) groups excluding carboxylic acids is 1. The minimum atomic E-state index is -0.227. The first kappa shape index (κ1) is 21.0. The highest BCUT2D eigenvalue weighted by atomic mass is 16.5. The summed E-state index contributed by atoms with van der Waals surface area (Å²) in [5, 5.41) is 17.8. The van der Waals surface area contributed by atoms with E-state index < -0.39 is 0 Å². The average Bonchev–Trinajstić information content (AvgIpc) is 3.29. The van der Waals surface area contributed by atoms with Gasteiger partial charge in [-0.2, -0.15) is 10.1 Å². The van der Waals surface area contributed by atoms with Crippen LogP contribution in [-0.4, -0.2) is 46.4 Å². The lowest BCUT2D eigenvalue weighted by atomic mass is 10.2. The van der Waals surface area contributed by atoms with Gasteiger partial charge in [-0.15, -0.1) is 0 Å². The number of ether oxygens (including phenoxy) is 1. The Kier molecular flexibility index (Phi) is 6.40. The van der Waals surface area contributed by atoms with E-state index in [0.717, 1.165) is 16.7 Å². The molecule has 0 spiro atoms. The van der Waals surface area contributed by atoms with Gasteiger partial charge in [-0.05, 0) is 36.8 Å². The number of benzene rings is 2. The van der Waals surface area contributed by atoms with E-state index >= 15 is 0 Å². The third-order valence-electron chi connectivity index (χ3n) is 4.79. The van der Waals surface area contributed by atoms with Gasteiger partial charge in [0, 0.05) is 24.0 Å². The molecular formula is C22H22N6O4. The smallest absolute Gasteiger partial charge is 0.272 e. The summed E-state index contributed by atoms with van der Waals surface area (Å²) in [7, 11) is 1.60. The number of carbonyl (C=O) groups is 1. The van der Waals surface area contributed by atoms with Crippen molar-refractivity contribution >= 4 is 22.5 Å². The van der Waals surface area contributed by atoms with Crippen LogP contribution in [0, 0.1) is 0 Å². The highest BCUT2D eigenvalue weighted by Crippen LogP contribution is 2.20. The zero-order valence-electron chi connectivity index (χ0n) is 17.4.